The Balaban J connectivity index is 2.71. The number of nitrogens with zero attached hydrogens (tertiary/aromatic N) is 1. The topological polar surface area (TPSA) is 48.1 Å². The van der Waals surface area contributed by atoms with E-state index in [1.165, 1.54) is 0 Å². The number of ether oxygens (including phenoxy) is 1. The van der Waals surface area contributed by atoms with Crippen molar-refractivity contribution >= 4 is 33.2 Å². The van der Waals surface area contributed by atoms with E-state index >= 15 is 0 Å². The zero-order valence-electron chi connectivity index (χ0n) is 9.08. The number of nitrogen functional groups attached to an aromatic ring is 1. The van der Waals surface area contributed by atoms with Crippen LogP contribution in [-0.2, 0) is 0 Å². The van der Waals surface area contributed by atoms with E-state index in [0.717, 1.165) is 10.0 Å². The lowest BCUT2D eigenvalue weighted by atomic mass is 10.1. The fourth-order valence-corrected chi connectivity index (χ4v) is 2.54. The van der Waals surface area contributed by atoms with Crippen LogP contribution in [0.2, 0.25) is 5.02 Å². The van der Waals surface area contributed by atoms with Gasteiger partial charge in [0.1, 0.15) is 5.75 Å². The van der Waals surface area contributed by atoms with Crippen molar-refractivity contribution in [1.29, 1.82) is 0 Å². The summed E-state index contributed by atoms with van der Waals surface area (Å²) in [4.78, 5) is 4.27. The average Bonchev–Trinajstić information content (AvgIpc) is 2.29. The molecule has 0 atom stereocenters. The third-order valence-electron chi connectivity index (χ3n) is 2.31. The molecule has 17 heavy (non-hydrogen) atoms. The molecule has 0 unspecified atom stereocenters. The summed E-state index contributed by atoms with van der Waals surface area (Å²) in [6, 6.07) is 7.10. The first-order valence-electron chi connectivity index (χ1n) is 4.87. The predicted octanol–water partition coefficient (Wildman–Crippen LogP) is 3.76. The van der Waals surface area contributed by atoms with E-state index in [0.29, 0.717) is 22.2 Å². The van der Waals surface area contributed by atoms with Gasteiger partial charge in [-0.1, -0.05) is 11.6 Å². The van der Waals surface area contributed by atoms with Crippen LogP contribution in [0.15, 0.2) is 34.9 Å². The molecule has 2 rings (SSSR count). The monoisotopic (exact) mass is 312 g/mol. The summed E-state index contributed by atoms with van der Waals surface area (Å²) in [5.74, 6) is 0.634. The minimum Gasteiger partial charge on any atom is -0.496 e. The summed E-state index contributed by atoms with van der Waals surface area (Å²) >= 11 is 9.42. The molecule has 2 N–H and O–H groups in total. The average molecular weight is 314 g/mol. The molecule has 0 aliphatic rings. The lowest BCUT2D eigenvalue weighted by molar-refractivity contribution is 0.416. The molecule has 1 aromatic heterocycles. The van der Waals surface area contributed by atoms with Crippen molar-refractivity contribution in [3.63, 3.8) is 0 Å². The maximum absolute atomic E-state index is 5.97. The molecule has 0 bridgehead atoms. The molecule has 1 aromatic carbocycles. The second-order valence-corrected chi connectivity index (χ2v) is 4.70. The number of rotatable bonds is 2. The van der Waals surface area contributed by atoms with Crippen molar-refractivity contribution in [3.05, 3.63) is 40.0 Å². The Morgan fingerprint density at radius 2 is 2.18 bits per heavy atom. The van der Waals surface area contributed by atoms with Gasteiger partial charge in [-0.15, -0.1) is 0 Å². The standard InChI is InChI=1S/C12H10BrClN2O/c1-17-10-6-7(14)5-8(13)11(10)12-9(15)3-2-4-16-12/h2-6H,15H2,1H3. The van der Waals surface area contributed by atoms with Crippen LogP contribution in [0.5, 0.6) is 5.75 Å². The van der Waals surface area contributed by atoms with Crippen molar-refractivity contribution in [2.75, 3.05) is 12.8 Å². The van der Waals surface area contributed by atoms with Crippen LogP contribution in [0.3, 0.4) is 0 Å². The third kappa shape index (κ3) is 2.37. The van der Waals surface area contributed by atoms with Gasteiger partial charge in [-0.05, 0) is 40.2 Å². The Bertz CT molecular complexity index is 560. The third-order valence-corrected chi connectivity index (χ3v) is 3.16. The van der Waals surface area contributed by atoms with Gasteiger partial charge < -0.3 is 10.5 Å². The Hall–Kier alpha value is -1.26. The summed E-state index contributed by atoms with van der Waals surface area (Å²) in [5, 5.41) is 0.590. The summed E-state index contributed by atoms with van der Waals surface area (Å²) in [5.41, 5.74) is 7.98. The van der Waals surface area contributed by atoms with E-state index < -0.39 is 0 Å². The van der Waals surface area contributed by atoms with Crippen molar-refractivity contribution < 1.29 is 4.74 Å². The van der Waals surface area contributed by atoms with Crippen LogP contribution in [-0.4, -0.2) is 12.1 Å². The van der Waals surface area contributed by atoms with Gasteiger partial charge in [-0.3, -0.25) is 4.98 Å². The Labute approximate surface area is 113 Å². The molecule has 0 saturated carbocycles. The fraction of sp³-hybridized carbons (Fsp3) is 0.0833. The summed E-state index contributed by atoms with van der Waals surface area (Å²) in [6.45, 7) is 0. The van der Waals surface area contributed by atoms with E-state index in [1.54, 1.807) is 37.6 Å². The number of methoxy groups -OCH3 is 1. The first-order chi connectivity index (χ1) is 8.13. The highest BCUT2D eigenvalue weighted by atomic mass is 79.9. The van der Waals surface area contributed by atoms with Gasteiger partial charge in [-0.2, -0.15) is 0 Å². The van der Waals surface area contributed by atoms with E-state index in [9.17, 15) is 0 Å². The van der Waals surface area contributed by atoms with Gasteiger partial charge in [-0.25, -0.2) is 0 Å². The first kappa shape index (κ1) is 12.2. The highest BCUT2D eigenvalue weighted by Gasteiger charge is 2.15. The second kappa shape index (κ2) is 4.94. The van der Waals surface area contributed by atoms with Gasteiger partial charge in [0.2, 0.25) is 0 Å². The molecule has 5 heteroatoms. The van der Waals surface area contributed by atoms with Crippen LogP contribution in [0.1, 0.15) is 0 Å². The van der Waals surface area contributed by atoms with E-state index in [2.05, 4.69) is 20.9 Å². The Kier molecular flexibility index (Phi) is 3.54. The van der Waals surface area contributed by atoms with Crippen LogP contribution < -0.4 is 10.5 Å². The number of benzene rings is 1. The lowest BCUT2D eigenvalue weighted by Gasteiger charge is -2.12. The smallest absolute Gasteiger partial charge is 0.130 e. The lowest BCUT2D eigenvalue weighted by Crippen LogP contribution is -1.96. The molecule has 1 heterocycles. The SMILES string of the molecule is COc1cc(Cl)cc(Br)c1-c1ncccc1N. The summed E-state index contributed by atoms with van der Waals surface area (Å²) in [7, 11) is 1.58. The van der Waals surface area contributed by atoms with Gasteiger partial charge >= 0.3 is 0 Å². The molecular weight excluding hydrogens is 304 g/mol. The maximum Gasteiger partial charge on any atom is 0.130 e. The van der Waals surface area contributed by atoms with Gasteiger partial charge in [0.15, 0.2) is 0 Å². The van der Waals surface area contributed by atoms with E-state index in [1.807, 2.05) is 0 Å². The number of hydrogen-bond acceptors (Lipinski definition) is 3. The maximum atomic E-state index is 5.97. The minimum absolute atomic E-state index is 0.590. The number of halogens is 2. The Morgan fingerprint density at radius 1 is 1.41 bits per heavy atom. The highest BCUT2D eigenvalue weighted by molar-refractivity contribution is 9.10. The van der Waals surface area contributed by atoms with Crippen molar-refractivity contribution in [2.24, 2.45) is 0 Å². The molecule has 0 aliphatic heterocycles. The minimum atomic E-state index is 0.590. The molecule has 88 valence electrons. The van der Waals surface area contributed by atoms with Crippen LogP contribution in [0.4, 0.5) is 5.69 Å². The quantitative estimate of drug-likeness (QED) is 0.918. The number of anilines is 1. The molecule has 3 nitrogen and oxygen atoms in total. The van der Waals surface area contributed by atoms with Crippen molar-refractivity contribution in [2.45, 2.75) is 0 Å². The van der Waals surface area contributed by atoms with E-state index in [-0.39, 0.29) is 0 Å². The zero-order valence-corrected chi connectivity index (χ0v) is 11.4. The predicted molar refractivity (Wildman–Crippen MR) is 73.3 cm³/mol. The number of hydrogen-bond donors (Lipinski definition) is 1. The van der Waals surface area contributed by atoms with Crippen molar-refractivity contribution in [1.82, 2.24) is 4.98 Å². The number of aromatic nitrogens is 1. The molecule has 0 radical (unpaired) electrons. The number of pyridine rings is 1. The molecule has 0 aliphatic carbocycles. The molecular formula is C12H10BrClN2O. The molecule has 0 fully saturated rings. The normalized spacial score (nSPS) is 10.3. The largest absolute Gasteiger partial charge is 0.496 e. The van der Waals surface area contributed by atoms with Gasteiger partial charge in [0.05, 0.1) is 24.1 Å². The van der Waals surface area contributed by atoms with E-state index in [4.69, 9.17) is 22.1 Å². The molecule has 0 spiro atoms. The van der Waals surface area contributed by atoms with Crippen molar-refractivity contribution in [3.8, 4) is 17.0 Å². The zero-order chi connectivity index (χ0) is 12.4. The van der Waals surface area contributed by atoms with Gasteiger partial charge in [0.25, 0.3) is 0 Å². The first-order valence-corrected chi connectivity index (χ1v) is 6.04. The fourth-order valence-electron chi connectivity index (χ4n) is 1.57. The number of nitrogens with two attached hydrogens (primary N) is 1. The van der Waals surface area contributed by atoms with Crippen LogP contribution >= 0.6 is 27.5 Å². The Morgan fingerprint density at radius 3 is 2.82 bits per heavy atom. The van der Waals surface area contributed by atoms with Crippen LogP contribution in [0, 0.1) is 0 Å². The highest BCUT2D eigenvalue weighted by Crippen LogP contribution is 2.40. The summed E-state index contributed by atoms with van der Waals surface area (Å²) < 4.78 is 6.10. The molecule has 0 saturated heterocycles. The summed E-state index contributed by atoms with van der Waals surface area (Å²) in [6.07, 6.45) is 1.69. The van der Waals surface area contributed by atoms with Crippen LogP contribution in [0.25, 0.3) is 11.3 Å². The molecule has 2 aromatic rings. The van der Waals surface area contributed by atoms with Gasteiger partial charge in [0, 0.05) is 15.7 Å². The second-order valence-electron chi connectivity index (χ2n) is 3.41. The molecule has 0 amide bonds.